The van der Waals surface area contributed by atoms with E-state index in [-0.39, 0.29) is 12.0 Å². The predicted molar refractivity (Wildman–Crippen MR) is 90.9 cm³/mol. The Kier molecular flexibility index (Phi) is 7.52. The summed E-state index contributed by atoms with van der Waals surface area (Å²) in [5.74, 6) is 0.167. The van der Waals surface area contributed by atoms with Gasteiger partial charge in [0.25, 0.3) is 0 Å². The van der Waals surface area contributed by atoms with Crippen molar-refractivity contribution in [3.05, 3.63) is 0 Å². The molecule has 0 aromatic rings. The van der Waals surface area contributed by atoms with Crippen LogP contribution in [0.2, 0.25) is 0 Å². The minimum atomic E-state index is -0.487. The van der Waals surface area contributed by atoms with E-state index in [4.69, 9.17) is 10.1 Å². The first-order valence-electron chi connectivity index (χ1n) is 8.49. The van der Waals surface area contributed by atoms with Crippen LogP contribution in [0.4, 0.5) is 4.79 Å². The van der Waals surface area contributed by atoms with E-state index in [1.54, 1.807) is 4.90 Å². The zero-order chi connectivity index (χ0) is 17.5. The van der Waals surface area contributed by atoms with Crippen LogP contribution in [-0.2, 0) is 9.53 Å². The largest absolute Gasteiger partial charge is 0.444 e. The van der Waals surface area contributed by atoms with Crippen molar-refractivity contribution in [2.75, 3.05) is 26.2 Å². The van der Waals surface area contributed by atoms with Gasteiger partial charge in [0, 0.05) is 38.3 Å². The number of amides is 2. The van der Waals surface area contributed by atoms with E-state index in [1.165, 1.54) is 0 Å². The van der Waals surface area contributed by atoms with Crippen molar-refractivity contribution in [2.45, 2.75) is 65.4 Å². The molecule has 1 aliphatic rings. The molecule has 0 bridgehead atoms. The van der Waals surface area contributed by atoms with Crippen LogP contribution in [0.25, 0.3) is 0 Å². The summed E-state index contributed by atoms with van der Waals surface area (Å²) in [5.41, 5.74) is 0.216. The fraction of sp³-hybridized carbons (Fsp3) is 0.824. The molecule has 0 atom stereocenters. The van der Waals surface area contributed by atoms with Crippen LogP contribution < -0.4 is 0 Å². The molecule has 1 rings (SSSR count). The highest BCUT2D eigenvalue weighted by Gasteiger charge is 2.27. The molecule has 0 aromatic heterocycles. The highest BCUT2D eigenvalue weighted by Crippen LogP contribution is 2.13. The molecular formula is C17H31N3O3. The van der Waals surface area contributed by atoms with Gasteiger partial charge in [-0.05, 0) is 47.0 Å². The van der Waals surface area contributed by atoms with Crippen LogP contribution in [0.15, 0.2) is 0 Å². The van der Waals surface area contributed by atoms with Gasteiger partial charge in [-0.1, -0.05) is 6.42 Å². The summed E-state index contributed by atoms with van der Waals surface area (Å²) in [4.78, 5) is 27.6. The second-order valence-electron chi connectivity index (χ2n) is 7.19. The van der Waals surface area contributed by atoms with Gasteiger partial charge >= 0.3 is 6.09 Å². The van der Waals surface area contributed by atoms with Crippen LogP contribution >= 0.6 is 0 Å². The van der Waals surface area contributed by atoms with E-state index in [2.05, 4.69) is 0 Å². The molecule has 2 amide bonds. The Bertz CT molecular complexity index is 421. The molecular weight excluding hydrogens is 294 g/mol. The Morgan fingerprint density at radius 1 is 0.957 bits per heavy atom. The summed E-state index contributed by atoms with van der Waals surface area (Å²) in [6.07, 6.45) is 3.92. The molecule has 1 aliphatic heterocycles. The Morgan fingerprint density at radius 3 is 2.00 bits per heavy atom. The molecule has 1 saturated heterocycles. The number of rotatable bonds is 6. The van der Waals surface area contributed by atoms with Gasteiger partial charge in [0.15, 0.2) is 0 Å². The van der Waals surface area contributed by atoms with E-state index in [1.807, 2.05) is 32.6 Å². The number of ether oxygens (including phenoxy) is 1. The maximum atomic E-state index is 12.1. The summed E-state index contributed by atoms with van der Waals surface area (Å²) in [6.45, 7) is 9.60. The SMILES string of the molecule is CC(=N)CCCCCC(=O)N1CCN(C(=O)OC(C)(C)C)CC1. The van der Waals surface area contributed by atoms with Crippen molar-refractivity contribution < 1.29 is 14.3 Å². The van der Waals surface area contributed by atoms with E-state index in [0.29, 0.717) is 38.3 Å². The molecule has 0 spiro atoms. The van der Waals surface area contributed by atoms with Gasteiger partial charge in [-0.25, -0.2) is 4.79 Å². The van der Waals surface area contributed by atoms with Crippen molar-refractivity contribution in [3.8, 4) is 0 Å². The molecule has 6 nitrogen and oxygen atoms in total. The van der Waals surface area contributed by atoms with Gasteiger partial charge in [-0.2, -0.15) is 0 Å². The minimum absolute atomic E-state index is 0.167. The highest BCUT2D eigenvalue weighted by molar-refractivity contribution is 5.78. The number of carbonyl (C=O) groups is 2. The number of nitrogens with one attached hydrogen (secondary N) is 1. The van der Waals surface area contributed by atoms with Crippen LogP contribution in [-0.4, -0.2) is 59.3 Å². The maximum Gasteiger partial charge on any atom is 0.410 e. The zero-order valence-corrected chi connectivity index (χ0v) is 15.0. The van der Waals surface area contributed by atoms with Crippen molar-refractivity contribution in [3.63, 3.8) is 0 Å². The molecule has 0 aliphatic carbocycles. The first-order chi connectivity index (χ1) is 10.7. The number of carbonyl (C=O) groups excluding carboxylic acids is 2. The number of hydrogen-bond donors (Lipinski definition) is 1. The third-order valence-corrected chi connectivity index (χ3v) is 3.73. The van der Waals surface area contributed by atoms with Crippen molar-refractivity contribution in [1.82, 2.24) is 9.80 Å². The van der Waals surface area contributed by atoms with E-state index in [0.717, 1.165) is 25.7 Å². The number of unbranched alkanes of at least 4 members (excludes halogenated alkanes) is 2. The van der Waals surface area contributed by atoms with Gasteiger partial charge in [0.05, 0.1) is 0 Å². The average Bonchev–Trinajstić information content (AvgIpc) is 2.44. The molecule has 0 saturated carbocycles. The van der Waals surface area contributed by atoms with Gasteiger partial charge in [0.1, 0.15) is 5.60 Å². The molecule has 1 N–H and O–H groups in total. The zero-order valence-electron chi connectivity index (χ0n) is 15.0. The Hall–Kier alpha value is -1.59. The lowest BCUT2D eigenvalue weighted by atomic mass is 10.1. The monoisotopic (exact) mass is 325 g/mol. The van der Waals surface area contributed by atoms with Gasteiger partial charge in [0.2, 0.25) is 5.91 Å². The maximum absolute atomic E-state index is 12.1. The smallest absolute Gasteiger partial charge is 0.410 e. The number of piperazine rings is 1. The summed E-state index contributed by atoms with van der Waals surface area (Å²) in [5, 5.41) is 7.37. The van der Waals surface area contributed by atoms with Gasteiger partial charge < -0.3 is 19.9 Å². The van der Waals surface area contributed by atoms with E-state index in [9.17, 15) is 9.59 Å². The molecule has 0 aromatic carbocycles. The quantitative estimate of drug-likeness (QED) is 0.602. The Labute approximate surface area is 139 Å². The first kappa shape index (κ1) is 19.5. The molecule has 132 valence electrons. The third kappa shape index (κ3) is 8.00. The normalized spacial score (nSPS) is 15.5. The summed E-state index contributed by atoms with van der Waals surface area (Å²) < 4.78 is 5.35. The predicted octanol–water partition coefficient (Wildman–Crippen LogP) is 3.06. The Morgan fingerprint density at radius 2 is 1.48 bits per heavy atom. The molecule has 23 heavy (non-hydrogen) atoms. The summed E-state index contributed by atoms with van der Waals surface area (Å²) >= 11 is 0. The van der Waals surface area contributed by atoms with Crippen LogP contribution in [0, 0.1) is 5.41 Å². The van der Waals surface area contributed by atoms with Gasteiger partial charge in [-0.3, -0.25) is 4.79 Å². The lowest BCUT2D eigenvalue weighted by molar-refractivity contribution is -0.133. The van der Waals surface area contributed by atoms with E-state index < -0.39 is 5.60 Å². The van der Waals surface area contributed by atoms with Crippen LogP contribution in [0.3, 0.4) is 0 Å². The van der Waals surface area contributed by atoms with Crippen molar-refractivity contribution in [2.24, 2.45) is 0 Å². The van der Waals surface area contributed by atoms with Crippen LogP contribution in [0.1, 0.15) is 59.8 Å². The third-order valence-electron chi connectivity index (χ3n) is 3.73. The minimum Gasteiger partial charge on any atom is -0.444 e. The number of nitrogens with zero attached hydrogens (tertiary/aromatic N) is 2. The second kappa shape index (κ2) is 8.89. The second-order valence-corrected chi connectivity index (χ2v) is 7.19. The Balaban J connectivity index is 2.23. The first-order valence-corrected chi connectivity index (χ1v) is 8.49. The standard InChI is InChI=1S/C17H31N3O3/c1-14(18)8-6-5-7-9-15(21)19-10-12-20(13-11-19)16(22)23-17(2,3)4/h18H,5-13H2,1-4H3. The molecule has 1 heterocycles. The lowest BCUT2D eigenvalue weighted by Crippen LogP contribution is -2.51. The van der Waals surface area contributed by atoms with Crippen molar-refractivity contribution >= 4 is 17.7 Å². The van der Waals surface area contributed by atoms with Crippen LogP contribution in [0.5, 0.6) is 0 Å². The fourth-order valence-corrected chi connectivity index (χ4v) is 2.47. The molecule has 0 radical (unpaired) electrons. The molecule has 6 heteroatoms. The molecule has 0 unspecified atom stereocenters. The topological polar surface area (TPSA) is 73.7 Å². The average molecular weight is 325 g/mol. The fourth-order valence-electron chi connectivity index (χ4n) is 2.47. The summed E-state index contributed by atoms with van der Waals surface area (Å²) in [7, 11) is 0. The lowest BCUT2D eigenvalue weighted by Gasteiger charge is -2.35. The van der Waals surface area contributed by atoms with Gasteiger partial charge in [-0.15, -0.1) is 0 Å². The molecule has 1 fully saturated rings. The van der Waals surface area contributed by atoms with Crippen molar-refractivity contribution in [1.29, 1.82) is 5.41 Å². The summed E-state index contributed by atoms with van der Waals surface area (Å²) in [6, 6.07) is 0. The highest BCUT2D eigenvalue weighted by atomic mass is 16.6. The van der Waals surface area contributed by atoms with E-state index >= 15 is 0 Å². The number of hydrogen-bond acceptors (Lipinski definition) is 4.